The van der Waals surface area contributed by atoms with E-state index in [0.717, 1.165) is 12.1 Å². The minimum absolute atomic E-state index is 0.0130. The van der Waals surface area contributed by atoms with Gasteiger partial charge in [0.2, 0.25) is 0 Å². The molecule has 3 rings (SSSR count). The summed E-state index contributed by atoms with van der Waals surface area (Å²) in [6.07, 6.45) is 0.618. The van der Waals surface area contributed by atoms with Gasteiger partial charge in [0.25, 0.3) is 0 Å². The summed E-state index contributed by atoms with van der Waals surface area (Å²) in [6, 6.07) is 8.21. The molecule has 0 bridgehead atoms. The van der Waals surface area contributed by atoms with Gasteiger partial charge < -0.3 is 5.11 Å². The van der Waals surface area contributed by atoms with Gasteiger partial charge in [0, 0.05) is 16.5 Å². The number of hydrogen-bond donors (Lipinski definition) is 1. The molecular formula is C19H13F2N3O3. The highest BCUT2D eigenvalue weighted by atomic mass is 19.3. The quantitative estimate of drug-likeness (QED) is 0.546. The fraction of sp³-hybridized carbons (Fsp3) is 0.158. The van der Waals surface area contributed by atoms with E-state index in [1.807, 2.05) is 0 Å². The lowest BCUT2D eigenvalue weighted by atomic mass is 10.0. The first-order valence-electron chi connectivity index (χ1n) is 7.83. The molecule has 6 nitrogen and oxygen atoms in total. The Morgan fingerprint density at radius 2 is 2.11 bits per heavy atom. The maximum absolute atomic E-state index is 13.9. The van der Waals surface area contributed by atoms with Crippen LogP contribution in [0.25, 0.3) is 15.7 Å². The molecule has 0 aliphatic rings. The van der Waals surface area contributed by atoms with Gasteiger partial charge in [0.1, 0.15) is 6.29 Å². The summed E-state index contributed by atoms with van der Waals surface area (Å²) in [5.41, 5.74) is 1.16. The van der Waals surface area contributed by atoms with E-state index in [-0.39, 0.29) is 12.2 Å². The number of aliphatic carboxylic acids is 1. The smallest absolute Gasteiger partial charge is 0.379 e. The van der Waals surface area contributed by atoms with Crippen molar-refractivity contribution in [2.24, 2.45) is 0 Å². The van der Waals surface area contributed by atoms with Crippen molar-refractivity contribution in [3.05, 3.63) is 70.2 Å². The number of carbonyl (C=O) groups is 2. The molecule has 0 amide bonds. The average Bonchev–Trinajstić information content (AvgIpc) is 2.97. The number of aryl methyl sites for hydroxylation is 1. The molecule has 0 unspecified atom stereocenters. The molecule has 0 spiro atoms. The highest BCUT2D eigenvalue weighted by Crippen LogP contribution is 2.32. The number of carbonyl (C=O) groups excluding carboxylic acids is 1. The van der Waals surface area contributed by atoms with Gasteiger partial charge in [0.05, 0.1) is 24.3 Å². The molecule has 2 aromatic carbocycles. The van der Waals surface area contributed by atoms with Gasteiger partial charge in [-0.2, -0.15) is 13.9 Å². The molecule has 0 saturated heterocycles. The number of hydrogen-bond acceptors (Lipinski definition) is 3. The SMILES string of the molecule is [C-]#[N+]c1cccc(C=O)c1Cn1nc(C)c2ccc(C(F)(F)C(=O)O)cc21. The lowest BCUT2D eigenvalue weighted by Gasteiger charge is -2.13. The summed E-state index contributed by atoms with van der Waals surface area (Å²) in [4.78, 5) is 25.6. The molecule has 0 radical (unpaired) electrons. The Bertz CT molecular complexity index is 1110. The van der Waals surface area contributed by atoms with Gasteiger partial charge in [-0.3, -0.25) is 9.48 Å². The minimum Gasteiger partial charge on any atom is -0.477 e. The van der Waals surface area contributed by atoms with Crippen molar-refractivity contribution in [1.29, 1.82) is 0 Å². The predicted octanol–water partition coefficient (Wildman–Crippen LogP) is 3.93. The van der Waals surface area contributed by atoms with Crippen LogP contribution in [0, 0.1) is 13.5 Å². The average molecular weight is 369 g/mol. The Kier molecular flexibility index (Phi) is 4.45. The Labute approximate surface area is 152 Å². The van der Waals surface area contributed by atoms with E-state index in [1.54, 1.807) is 25.1 Å². The van der Waals surface area contributed by atoms with E-state index in [2.05, 4.69) is 9.94 Å². The van der Waals surface area contributed by atoms with Gasteiger partial charge in [0.15, 0.2) is 5.69 Å². The third-order valence-corrected chi connectivity index (χ3v) is 4.31. The Morgan fingerprint density at radius 3 is 2.74 bits per heavy atom. The second-order valence-corrected chi connectivity index (χ2v) is 5.93. The largest absolute Gasteiger partial charge is 0.477 e. The maximum atomic E-state index is 13.9. The van der Waals surface area contributed by atoms with E-state index in [4.69, 9.17) is 11.7 Å². The lowest BCUT2D eigenvalue weighted by molar-refractivity contribution is -0.166. The summed E-state index contributed by atoms with van der Waals surface area (Å²) in [6.45, 7) is 8.97. The Morgan fingerprint density at radius 1 is 1.37 bits per heavy atom. The number of fused-ring (bicyclic) bond motifs is 1. The normalized spacial score (nSPS) is 11.3. The maximum Gasteiger partial charge on any atom is 0.379 e. The molecule has 0 fully saturated rings. The number of benzene rings is 2. The summed E-state index contributed by atoms with van der Waals surface area (Å²) < 4.78 is 29.2. The van der Waals surface area contributed by atoms with Crippen LogP contribution in [0.15, 0.2) is 36.4 Å². The standard InChI is InChI=1S/C19H13F2N3O3/c1-11-14-7-6-13(19(20,21)18(26)27)8-17(14)24(23-11)9-15-12(10-25)4-3-5-16(15)22-2/h3-8,10H,9H2,1H3,(H,26,27). The number of aldehydes is 1. The summed E-state index contributed by atoms with van der Waals surface area (Å²) >= 11 is 0. The third-order valence-electron chi connectivity index (χ3n) is 4.31. The van der Waals surface area contributed by atoms with Gasteiger partial charge in [-0.25, -0.2) is 9.64 Å². The van der Waals surface area contributed by atoms with Gasteiger partial charge in [-0.05, 0) is 18.6 Å². The van der Waals surface area contributed by atoms with Crippen molar-refractivity contribution in [1.82, 2.24) is 9.78 Å². The van der Waals surface area contributed by atoms with E-state index in [9.17, 15) is 18.4 Å². The second kappa shape index (κ2) is 6.61. The van der Waals surface area contributed by atoms with Crippen LogP contribution in [-0.2, 0) is 17.3 Å². The summed E-state index contributed by atoms with van der Waals surface area (Å²) in [7, 11) is 0. The monoisotopic (exact) mass is 369 g/mol. The summed E-state index contributed by atoms with van der Waals surface area (Å²) in [5, 5.41) is 13.7. The molecule has 1 aromatic heterocycles. The number of carboxylic acids is 1. The van der Waals surface area contributed by atoms with Crippen LogP contribution < -0.4 is 0 Å². The zero-order valence-corrected chi connectivity index (χ0v) is 14.1. The highest BCUT2D eigenvalue weighted by Gasteiger charge is 2.41. The van der Waals surface area contributed by atoms with Crippen molar-refractivity contribution in [3.8, 4) is 0 Å². The van der Waals surface area contributed by atoms with Crippen LogP contribution in [0.4, 0.5) is 14.5 Å². The van der Waals surface area contributed by atoms with Crippen LogP contribution in [0.2, 0.25) is 0 Å². The molecular weight excluding hydrogens is 356 g/mol. The molecule has 0 aliphatic carbocycles. The molecule has 8 heteroatoms. The lowest BCUT2D eigenvalue weighted by Crippen LogP contribution is -2.25. The number of carboxylic acid groups (broad SMARTS) is 1. The van der Waals surface area contributed by atoms with Crippen LogP contribution >= 0.6 is 0 Å². The summed E-state index contributed by atoms with van der Waals surface area (Å²) in [5.74, 6) is -6.29. The van der Waals surface area contributed by atoms with Gasteiger partial charge >= 0.3 is 11.9 Å². The van der Waals surface area contributed by atoms with Crippen LogP contribution in [0.3, 0.4) is 0 Å². The molecule has 27 heavy (non-hydrogen) atoms. The molecule has 1 heterocycles. The van der Waals surface area contributed by atoms with Gasteiger partial charge in [-0.15, -0.1) is 0 Å². The van der Waals surface area contributed by atoms with Crippen molar-refractivity contribution in [3.63, 3.8) is 0 Å². The molecule has 136 valence electrons. The number of aromatic nitrogens is 2. The highest BCUT2D eigenvalue weighted by molar-refractivity contribution is 5.86. The van der Waals surface area contributed by atoms with E-state index >= 15 is 0 Å². The number of alkyl halides is 2. The van der Waals surface area contributed by atoms with E-state index in [0.29, 0.717) is 34.0 Å². The molecule has 1 N–H and O–H groups in total. The fourth-order valence-electron chi connectivity index (χ4n) is 2.91. The molecule has 3 aromatic rings. The molecule has 0 atom stereocenters. The molecule has 0 aliphatic heterocycles. The van der Waals surface area contributed by atoms with Crippen LogP contribution in [-0.4, -0.2) is 27.1 Å². The van der Waals surface area contributed by atoms with Crippen molar-refractivity contribution in [2.45, 2.75) is 19.4 Å². The van der Waals surface area contributed by atoms with Gasteiger partial charge in [-0.1, -0.05) is 30.3 Å². The Hall–Kier alpha value is -3.60. The zero-order valence-electron chi connectivity index (χ0n) is 14.1. The fourth-order valence-corrected chi connectivity index (χ4v) is 2.91. The first-order chi connectivity index (χ1) is 12.8. The van der Waals surface area contributed by atoms with Crippen LogP contribution in [0.1, 0.15) is 27.2 Å². The van der Waals surface area contributed by atoms with Crippen molar-refractivity contribution in [2.75, 3.05) is 0 Å². The Balaban J connectivity index is 2.18. The minimum atomic E-state index is -4.04. The van der Waals surface area contributed by atoms with Crippen molar-refractivity contribution < 1.29 is 23.5 Å². The molecule has 0 saturated carbocycles. The predicted molar refractivity (Wildman–Crippen MR) is 93.2 cm³/mol. The number of halogens is 2. The van der Waals surface area contributed by atoms with Crippen LogP contribution in [0.5, 0.6) is 0 Å². The van der Waals surface area contributed by atoms with E-state index in [1.165, 1.54) is 10.7 Å². The van der Waals surface area contributed by atoms with E-state index < -0.39 is 17.5 Å². The first-order valence-corrected chi connectivity index (χ1v) is 7.83. The van der Waals surface area contributed by atoms with Crippen molar-refractivity contribution >= 4 is 28.8 Å². The zero-order chi connectivity index (χ0) is 19.8. The number of rotatable bonds is 5. The second-order valence-electron chi connectivity index (χ2n) is 5.93. The first kappa shape index (κ1) is 18.2. The third kappa shape index (κ3) is 3.04. The topological polar surface area (TPSA) is 76.5 Å². The number of nitrogens with zero attached hydrogens (tertiary/aromatic N) is 3.